The number of ether oxygens (including phenoxy) is 3. The van der Waals surface area contributed by atoms with Crippen molar-refractivity contribution in [1.82, 2.24) is 15.5 Å². The zero-order chi connectivity index (χ0) is 38.7. The summed E-state index contributed by atoms with van der Waals surface area (Å²) in [7, 11) is -1.46. The zero-order valence-electron chi connectivity index (χ0n) is 32.5. The number of rotatable bonds is 21. The van der Waals surface area contributed by atoms with Gasteiger partial charge in [0.15, 0.2) is 23.1 Å². The van der Waals surface area contributed by atoms with E-state index in [2.05, 4.69) is 97.1 Å². The first-order valence-corrected chi connectivity index (χ1v) is 22.0. The number of thioether (sulfide) groups is 1. The van der Waals surface area contributed by atoms with Crippen molar-refractivity contribution >= 4 is 41.9 Å². The van der Waals surface area contributed by atoms with Crippen LogP contribution < -0.4 is 24.6 Å². The fourth-order valence-corrected chi connectivity index (χ4v) is 8.66. The van der Waals surface area contributed by atoms with Gasteiger partial charge in [0.1, 0.15) is 13.2 Å². The first-order valence-electron chi connectivity index (χ1n) is 17.1. The molecule has 1 atom stereocenters. The molecule has 0 aliphatic carbocycles. The molecule has 15 heteroatoms. The number of nitrogens with two attached hydrogens (primary N) is 1. The van der Waals surface area contributed by atoms with Gasteiger partial charge in [-0.25, -0.2) is 9.59 Å². The van der Waals surface area contributed by atoms with Gasteiger partial charge in [-0.15, -0.1) is 0 Å². The monoisotopic (exact) mass is 762 g/mol. The second-order valence-electron chi connectivity index (χ2n) is 14.0. The van der Waals surface area contributed by atoms with Crippen LogP contribution in [0.2, 0.25) is 23.2 Å². The van der Waals surface area contributed by atoms with Gasteiger partial charge in [0.05, 0.1) is 25.3 Å². The number of alkyl carbamates (subject to hydrolysis) is 1. The second kappa shape index (κ2) is 19.5. The van der Waals surface area contributed by atoms with Crippen LogP contribution in [0.3, 0.4) is 0 Å². The number of methoxy groups -OCH3 is 1. The van der Waals surface area contributed by atoms with Crippen LogP contribution in [0.4, 0.5) is 4.79 Å². The molecular weight excluding hydrogens is 705 g/mol. The first-order chi connectivity index (χ1) is 23.8. The van der Waals surface area contributed by atoms with Gasteiger partial charge in [-0.05, 0) is 41.9 Å². The van der Waals surface area contributed by atoms with Crippen LogP contribution >= 0.6 is 11.8 Å². The minimum absolute atomic E-state index is 0.00630. The van der Waals surface area contributed by atoms with Gasteiger partial charge in [-0.2, -0.15) is 16.7 Å². The molecule has 0 aliphatic heterocycles. The van der Waals surface area contributed by atoms with Gasteiger partial charge in [-0.3, -0.25) is 0 Å². The van der Waals surface area contributed by atoms with E-state index < -0.39 is 36.2 Å². The lowest BCUT2D eigenvalue weighted by Crippen LogP contribution is -2.37. The number of aromatic nitrogens is 2. The Morgan fingerprint density at radius 1 is 0.961 bits per heavy atom. The van der Waals surface area contributed by atoms with E-state index in [4.69, 9.17) is 33.3 Å². The zero-order valence-corrected chi connectivity index (χ0v) is 35.3. The van der Waals surface area contributed by atoms with Gasteiger partial charge >= 0.3 is 12.1 Å². The Balaban J connectivity index is 2.63. The molecule has 1 unspecified atom stereocenters. The molecule has 0 bridgehead atoms. The van der Waals surface area contributed by atoms with Crippen molar-refractivity contribution < 1.29 is 37.2 Å². The summed E-state index contributed by atoms with van der Waals surface area (Å²) in [5, 5.41) is 6.23. The summed E-state index contributed by atoms with van der Waals surface area (Å²) in [6, 6.07) is -0.637. The van der Waals surface area contributed by atoms with Crippen molar-refractivity contribution in [3.05, 3.63) is 53.7 Å². The Kier molecular flexibility index (Phi) is 16.8. The number of carbonyl (C=O) groups is 2. The molecule has 12 nitrogen and oxygen atoms in total. The normalized spacial score (nSPS) is 12.6. The van der Waals surface area contributed by atoms with Crippen molar-refractivity contribution in [3.63, 3.8) is 0 Å². The molecule has 51 heavy (non-hydrogen) atoms. The van der Waals surface area contributed by atoms with Crippen LogP contribution in [0.5, 0.6) is 17.2 Å². The maximum Gasteiger partial charge on any atom is 0.407 e. The van der Waals surface area contributed by atoms with Crippen molar-refractivity contribution in [2.75, 3.05) is 26.1 Å². The van der Waals surface area contributed by atoms with Crippen molar-refractivity contribution in [2.24, 2.45) is 17.6 Å². The summed E-state index contributed by atoms with van der Waals surface area (Å²) in [6.07, 6.45) is 2.37. The minimum atomic E-state index is -1.54. The summed E-state index contributed by atoms with van der Waals surface area (Å²) >= 11 is 1.48. The molecular formula is C36H58N4O8SSi2. The average Bonchev–Trinajstić information content (AvgIpc) is 3.55. The highest BCUT2D eigenvalue weighted by Gasteiger charge is 2.40. The van der Waals surface area contributed by atoms with E-state index in [0.29, 0.717) is 57.3 Å². The predicted octanol–water partition coefficient (Wildman–Crippen LogP) is 7.95. The van der Waals surface area contributed by atoms with Crippen molar-refractivity contribution in [2.45, 2.75) is 104 Å². The molecule has 1 aromatic heterocycles. The Labute approximate surface area is 312 Å². The Morgan fingerprint density at radius 2 is 1.51 bits per heavy atom. The van der Waals surface area contributed by atoms with Crippen LogP contribution in [-0.2, 0) is 21.8 Å². The molecule has 2 aromatic rings. The third-order valence-electron chi connectivity index (χ3n) is 9.72. The van der Waals surface area contributed by atoms with Crippen LogP contribution in [0.25, 0.3) is 0 Å². The highest BCUT2D eigenvalue weighted by molar-refractivity contribution is 7.98. The quantitative estimate of drug-likeness (QED) is 0.0720. The molecule has 1 heterocycles. The molecule has 0 saturated carbocycles. The van der Waals surface area contributed by atoms with E-state index in [9.17, 15) is 9.59 Å². The van der Waals surface area contributed by atoms with Crippen LogP contribution in [-0.4, -0.2) is 66.4 Å². The number of nitrogens with one attached hydrogen (secondary N) is 1. The van der Waals surface area contributed by atoms with E-state index in [-0.39, 0.29) is 41.6 Å². The van der Waals surface area contributed by atoms with E-state index in [1.807, 2.05) is 6.92 Å². The molecule has 1 amide bonds. The molecule has 0 aliphatic rings. The fraction of sp³-hybridized carbons (Fsp3) is 0.611. The van der Waals surface area contributed by atoms with Gasteiger partial charge in [-0.1, -0.05) is 85.9 Å². The fourth-order valence-electron chi connectivity index (χ4n) is 4.50. The number of amides is 1. The summed E-state index contributed by atoms with van der Waals surface area (Å²) in [6.45, 7) is 31.1. The van der Waals surface area contributed by atoms with Crippen LogP contribution in [0.15, 0.2) is 29.8 Å². The van der Waals surface area contributed by atoms with Gasteiger partial charge in [0, 0.05) is 22.6 Å². The molecule has 0 saturated heterocycles. The van der Waals surface area contributed by atoms with E-state index in [1.54, 1.807) is 7.11 Å². The van der Waals surface area contributed by atoms with Gasteiger partial charge in [0.2, 0.25) is 5.89 Å². The standard InChI is InChI=1S/C36H58N4O8SSi2/c1-15-17-44-33(41)28-24(7)29(43-12)31(48-51(14)36(10,11)23(5)6)30(47-50(13)35(8,9)22(3)4)25(28)20-49-21-26(37)32-39-27(40-46-32)19-38-34(42)45-18-16-2/h15-16,22-23,26H,1-2,17-21,37H2,3-14H3,(H,38,42). The number of hydrogen-bond acceptors (Lipinski definition) is 12. The molecule has 284 valence electrons. The Morgan fingerprint density at radius 3 is 2.04 bits per heavy atom. The maximum atomic E-state index is 13.8. The second-order valence-corrected chi connectivity index (χ2v) is 20.3. The van der Waals surface area contributed by atoms with Crippen molar-refractivity contribution in [3.8, 4) is 17.2 Å². The lowest BCUT2D eigenvalue weighted by Gasteiger charge is -2.37. The Hall–Kier alpha value is -3.28. The topological polar surface area (TPSA) is 157 Å². The molecule has 3 N–H and O–H groups in total. The Bertz CT molecular complexity index is 1500. The number of nitrogens with zero attached hydrogens (tertiary/aromatic N) is 2. The number of hydrogen-bond donors (Lipinski definition) is 2. The highest BCUT2D eigenvalue weighted by atomic mass is 32.2. The summed E-state index contributed by atoms with van der Waals surface area (Å²) < 4.78 is 35.9. The summed E-state index contributed by atoms with van der Waals surface area (Å²) in [5.74, 6) is 2.78. The summed E-state index contributed by atoms with van der Waals surface area (Å²) in [4.78, 5) is 29.9. The van der Waals surface area contributed by atoms with E-state index in [0.717, 1.165) is 0 Å². The number of carbonyl (C=O) groups excluding carboxylic acids is 2. The smallest absolute Gasteiger partial charge is 0.407 e. The highest BCUT2D eigenvalue weighted by Crippen LogP contribution is 2.51. The van der Waals surface area contributed by atoms with Gasteiger partial charge in [0.25, 0.3) is 18.1 Å². The summed E-state index contributed by atoms with van der Waals surface area (Å²) in [5.41, 5.74) is 8.10. The number of benzene rings is 1. The molecule has 1 aromatic carbocycles. The van der Waals surface area contributed by atoms with Crippen LogP contribution in [0.1, 0.15) is 94.6 Å². The molecule has 2 rings (SSSR count). The molecule has 2 radical (unpaired) electrons. The third kappa shape index (κ3) is 11.4. The first kappa shape index (κ1) is 43.9. The molecule has 0 spiro atoms. The van der Waals surface area contributed by atoms with Gasteiger partial charge < -0.3 is 38.6 Å². The number of esters is 1. The van der Waals surface area contributed by atoms with E-state index >= 15 is 0 Å². The van der Waals surface area contributed by atoms with Crippen LogP contribution in [0, 0.1) is 18.8 Å². The maximum absolute atomic E-state index is 13.8. The third-order valence-corrected chi connectivity index (χ3v) is 16.6. The SMILES string of the molecule is C=CCOC(=O)NCc1noc(C(N)CSCc2c(O[Si](C)C(C)(C)C(C)C)c(O[Si](C)C(C)(C)C(C)C)c(OC)c(C)c2C(=O)OCC=C)n1. The lowest BCUT2D eigenvalue weighted by molar-refractivity contribution is 0.0547. The average molecular weight is 763 g/mol. The largest absolute Gasteiger partial charge is 0.539 e. The van der Waals surface area contributed by atoms with E-state index in [1.165, 1.54) is 23.9 Å². The molecule has 0 fully saturated rings. The predicted molar refractivity (Wildman–Crippen MR) is 206 cm³/mol. The van der Waals surface area contributed by atoms with Crippen molar-refractivity contribution in [1.29, 1.82) is 0 Å². The lowest BCUT2D eigenvalue weighted by atomic mass is 9.99. The minimum Gasteiger partial charge on any atom is -0.539 e.